The number of halogens is 2. The van der Waals surface area contributed by atoms with Gasteiger partial charge in [0.05, 0.1) is 6.04 Å². The van der Waals surface area contributed by atoms with E-state index in [1.54, 1.807) is 13.1 Å². The van der Waals surface area contributed by atoms with Gasteiger partial charge in [-0.2, -0.15) is 0 Å². The van der Waals surface area contributed by atoms with E-state index in [0.29, 0.717) is 10.6 Å². The van der Waals surface area contributed by atoms with Gasteiger partial charge in [0.15, 0.2) is 0 Å². The maximum Gasteiger partial charge on any atom is 0.125 e. The van der Waals surface area contributed by atoms with Gasteiger partial charge in [0.25, 0.3) is 0 Å². The minimum atomic E-state index is -0.312. The largest absolute Gasteiger partial charge is 0.464 e. The van der Waals surface area contributed by atoms with Crippen LogP contribution in [0.5, 0.6) is 0 Å². The van der Waals surface area contributed by atoms with Crippen molar-refractivity contribution in [3.63, 3.8) is 0 Å². The topological polar surface area (TPSA) is 25.2 Å². The minimum Gasteiger partial charge on any atom is -0.464 e. The van der Waals surface area contributed by atoms with Crippen molar-refractivity contribution < 1.29 is 8.81 Å². The molecular weight excluding hydrogens is 241 g/mol. The molecule has 2 aromatic rings. The molecule has 2 nitrogen and oxygen atoms in total. The van der Waals surface area contributed by atoms with Crippen LogP contribution < -0.4 is 5.32 Å². The van der Waals surface area contributed by atoms with Gasteiger partial charge in [-0.25, -0.2) is 4.39 Å². The first kappa shape index (κ1) is 12.1. The Bertz CT molecular complexity index is 524. The van der Waals surface area contributed by atoms with Gasteiger partial charge < -0.3 is 9.73 Å². The van der Waals surface area contributed by atoms with Crippen molar-refractivity contribution in [1.29, 1.82) is 0 Å². The Hall–Kier alpha value is -1.32. The zero-order valence-electron chi connectivity index (χ0n) is 9.63. The smallest absolute Gasteiger partial charge is 0.125 e. The molecule has 0 bridgehead atoms. The molecule has 1 N–H and O–H groups in total. The molecule has 1 heterocycles. The van der Waals surface area contributed by atoms with Gasteiger partial charge >= 0.3 is 0 Å². The number of nitrogens with one attached hydrogen (secondary N) is 1. The number of hydrogen-bond donors (Lipinski definition) is 1. The molecule has 1 unspecified atom stereocenters. The molecule has 4 heteroatoms. The highest BCUT2D eigenvalue weighted by Gasteiger charge is 2.18. The maximum atomic E-state index is 13.2. The molecule has 0 saturated heterocycles. The molecule has 0 radical (unpaired) electrons. The zero-order chi connectivity index (χ0) is 12.4. The molecule has 0 aliphatic rings. The molecule has 0 aliphatic carbocycles. The summed E-state index contributed by atoms with van der Waals surface area (Å²) >= 11 is 6.08. The summed E-state index contributed by atoms with van der Waals surface area (Å²) in [6, 6.07) is 7.79. The van der Waals surface area contributed by atoms with E-state index in [0.717, 1.165) is 11.5 Å². The Balaban J connectivity index is 2.45. The van der Waals surface area contributed by atoms with Gasteiger partial charge in [0.2, 0.25) is 0 Å². The number of aryl methyl sites for hydroxylation is 1. The quantitative estimate of drug-likeness (QED) is 0.903. The highest BCUT2D eigenvalue weighted by Crippen LogP contribution is 2.29. The predicted octanol–water partition coefficient (Wildman–Crippen LogP) is 3.69. The Morgan fingerprint density at radius 3 is 2.65 bits per heavy atom. The fourth-order valence-electron chi connectivity index (χ4n) is 1.80. The van der Waals surface area contributed by atoms with Crippen LogP contribution in [0.25, 0.3) is 0 Å². The number of furan rings is 1. The molecule has 0 aliphatic heterocycles. The predicted molar refractivity (Wildman–Crippen MR) is 65.8 cm³/mol. The van der Waals surface area contributed by atoms with Crippen LogP contribution in [0.2, 0.25) is 5.02 Å². The molecule has 0 spiro atoms. The summed E-state index contributed by atoms with van der Waals surface area (Å²) in [5, 5.41) is 3.58. The molecular formula is C13H13ClFNO. The highest BCUT2D eigenvalue weighted by molar-refractivity contribution is 6.31. The van der Waals surface area contributed by atoms with Crippen LogP contribution in [0.1, 0.15) is 23.1 Å². The molecule has 0 amide bonds. The summed E-state index contributed by atoms with van der Waals surface area (Å²) in [4.78, 5) is 0. The standard InChI is InChI=1S/C13H13ClFNO/c1-8-3-6-12(17-8)13(16-2)10-7-9(15)4-5-11(10)14/h3-7,13,16H,1-2H3. The fourth-order valence-corrected chi connectivity index (χ4v) is 2.02. The Morgan fingerprint density at radius 1 is 1.29 bits per heavy atom. The Kier molecular flexibility index (Phi) is 3.50. The molecule has 0 saturated carbocycles. The first-order valence-electron chi connectivity index (χ1n) is 5.30. The van der Waals surface area contributed by atoms with E-state index >= 15 is 0 Å². The van der Waals surface area contributed by atoms with Crippen LogP contribution in [-0.4, -0.2) is 7.05 Å². The van der Waals surface area contributed by atoms with Crippen LogP contribution in [0, 0.1) is 12.7 Å². The number of benzene rings is 1. The van der Waals surface area contributed by atoms with E-state index in [4.69, 9.17) is 16.0 Å². The molecule has 1 aromatic carbocycles. The summed E-state index contributed by atoms with van der Waals surface area (Å²) in [7, 11) is 1.78. The van der Waals surface area contributed by atoms with E-state index in [9.17, 15) is 4.39 Å². The summed E-state index contributed by atoms with van der Waals surface area (Å²) in [5.41, 5.74) is 0.670. The first-order chi connectivity index (χ1) is 8.11. The van der Waals surface area contributed by atoms with Crippen LogP contribution in [0.3, 0.4) is 0 Å². The van der Waals surface area contributed by atoms with Crippen molar-refractivity contribution in [3.8, 4) is 0 Å². The maximum absolute atomic E-state index is 13.2. The average molecular weight is 254 g/mol. The number of hydrogen-bond acceptors (Lipinski definition) is 2. The monoisotopic (exact) mass is 253 g/mol. The van der Waals surface area contributed by atoms with Gasteiger partial charge in [-0.3, -0.25) is 0 Å². The van der Waals surface area contributed by atoms with E-state index in [-0.39, 0.29) is 11.9 Å². The van der Waals surface area contributed by atoms with Gasteiger partial charge in [0.1, 0.15) is 17.3 Å². The van der Waals surface area contributed by atoms with Crippen LogP contribution in [0.4, 0.5) is 4.39 Å². The van der Waals surface area contributed by atoms with E-state index in [1.165, 1.54) is 12.1 Å². The lowest BCUT2D eigenvalue weighted by molar-refractivity contribution is 0.443. The molecule has 17 heavy (non-hydrogen) atoms. The summed E-state index contributed by atoms with van der Waals surface area (Å²) in [6.07, 6.45) is 0. The van der Waals surface area contributed by atoms with Crippen LogP contribution in [-0.2, 0) is 0 Å². The van der Waals surface area contributed by atoms with Crippen molar-refractivity contribution in [2.45, 2.75) is 13.0 Å². The second kappa shape index (κ2) is 4.90. The van der Waals surface area contributed by atoms with Crippen molar-refractivity contribution in [1.82, 2.24) is 5.32 Å². The normalized spacial score (nSPS) is 12.7. The first-order valence-corrected chi connectivity index (χ1v) is 5.68. The van der Waals surface area contributed by atoms with Gasteiger partial charge in [0, 0.05) is 5.02 Å². The fraction of sp³-hybridized carbons (Fsp3) is 0.231. The lowest BCUT2D eigenvalue weighted by atomic mass is 10.0. The Morgan fingerprint density at radius 2 is 2.06 bits per heavy atom. The van der Waals surface area contributed by atoms with Crippen molar-refractivity contribution in [2.75, 3.05) is 7.05 Å². The van der Waals surface area contributed by atoms with Gasteiger partial charge in [-0.1, -0.05) is 11.6 Å². The summed E-state index contributed by atoms with van der Waals surface area (Å²) < 4.78 is 18.8. The second-order valence-corrected chi connectivity index (χ2v) is 4.24. The SMILES string of the molecule is CNC(c1ccc(C)o1)c1cc(F)ccc1Cl. The second-order valence-electron chi connectivity index (χ2n) is 3.84. The molecule has 1 atom stereocenters. The van der Waals surface area contributed by atoms with Crippen LogP contribution >= 0.6 is 11.6 Å². The summed E-state index contributed by atoms with van der Waals surface area (Å²) in [6.45, 7) is 1.86. The summed E-state index contributed by atoms with van der Waals surface area (Å²) in [5.74, 6) is 1.22. The van der Waals surface area contributed by atoms with Gasteiger partial charge in [-0.15, -0.1) is 0 Å². The van der Waals surface area contributed by atoms with Crippen molar-refractivity contribution in [3.05, 3.63) is 58.3 Å². The van der Waals surface area contributed by atoms with Crippen LogP contribution in [0.15, 0.2) is 34.7 Å². The lowest BCUT2D eigenvalue weighted by Crippen LogP contribution is -2.17. The highest BCUT2D eigenvalue weighted by atomic mass is 35.5. The third kappa shape index (κ3) is 2.51. The van der Waals surface area contributed by atoms with E-state index in [1.807, 2.05) is 19.1 Å². The zero-order valence-corrected chi connectivity index (χ0v) is 10.4. The molecule has 0 fully saturated rings. The third-order valence-electron chi connectivity index (χ3n) is 2.60. The van der Waals surface area contributed by atoms with E-state index in [2.05, 4.69) is 5.32 Å². The number of rotatable bonds is 3. The third-order valence-corrected chi connectivity index (χ3v) is 2.95. The minimum absolute atomic E-state index is 0.244. The lowest BCUT2D eigenvalue weighted by Gasteiger charge is -2.15. The van der Waals surface area contributed by atoms with E-state index < -0.39 is 0 Å². The molecule has 2 rings (SSSR count). The Labute approximate surface area is 104 Å². The van der Waals surface area contributed by atoms with Crippen molar-refractivity contribution >= 4 is 11.6 Å². The molecule has 1 aromatic heterocycles. The molecule has 90 valence electrons. The average Bonchev–Trinajstić information content (AvgIpc) is 2.71. The van der Waals surface area contributed by atoms with Crippen molar-refractivity contribution in [2.24, 2.45) is 0 Å². The van der Waals surface area contributed by atoms with Gasteiger partial charge in [-0.05, 0) is 49.9 Å².